The van der Waals surface area contributed by atoms with E-state index in [0.29, 0.717) is 17.1 Å². The lowest BCUT2D eigenvalue weighted by atomic mass is 9.94. The SMILES string of the molecule is CCCCCCCC1(C)NC(=O)N(CC(=O)Nc2ccc(C)c(Cl)c2)C1=O. The van der Waals surface area contributed by atoms with Crippen molar-refractivity contribution in [3.05, 3.63) is 28.8 Å². The highest BCUT2D eigenvalue weighted by Gasteiger charge is 2.47. The van der Waals surface area contributed by atoms with Crippen LogP contribution in [-0.2, 0) is 9.59 Å². The van der Waals surface area contributed by atoms with E-state index in [1.807, 2.05) is 6.92 Å². The third kappa shape index (κ3) is 5.45. The van der Waals surface area contributed by atoms with Crippen LogP contribution in [0.15, 0.2) is 18.2 Å². The first-order valence-corrected chi connectivity index (χ1v) is 9.85. The van der Waals surface area contributed by atoms with Gasteiger partial charge in [0.05, 0.1) is 0 Å². The minimum absolute atomic E-state index is 0.318. The molecule has 4 amide bonds. The molecule has 7 heteroatoms. The number of anilines is 1. The number of nitrogens with one attached hydrogen (secondary N) is 2. The smallest absolute Gasteiger partial charge is 0.324 e. The summed E-state index contributed by atoms with van der Waals surface area (Å²) in [5.41, 5.74) is 0.497. The molecule has 0 aliphatic carbocycles. The zero-order valence-electron chi connectivity index (χ0n) is 16.2. The molecule has 2 rings (SSSR count). The third-order valence-corrected chi connectivity index (χ3v) is 5.29. The van der Waals surface area contributed by atoms with Crippen molar-refractivity contribution in [2.75, 3.05) is 11.9 Å². The number of nitrogens with zero attached hydrogens (tertiary/aromatic N) is 1. The molecule has 1 fully saturated rings. The average molecular weight is 394 g/mol. The molecule has 0 aromatic heterocycles. The molecule has 1 atom stereocenters. The first-order valence-electron chi connectivity index (χ1n) is 9.47. The molecule has 0 saturated carbocycles. The van der Waals surface area contributed by atoms with E-state index in [4.69, 9.17) is 11.6 Å². The molecule has 2 N–H and O–H groups in total. The van der Waals surface area contributed by atoms with Crippen molar-refractivity contribution in [1.82, 2.24) is 10.2 Å². The summed E-state index contributed by atoms with van der Waals surface area (Å²) in [6.07, 6.45) is 5.92. The molecule has 1 saturated heterocycles. The normalized spacial score (nSPS) is 19.3. The zero-order valence-corrected chi connectivity index (χ0v) is 17.0. The number of hydrogen-bond donors (Lipinski definition) is 2. The second kappa shape index (κ2) is 9.22. The molecule has 0 radical (unpaired) electrons. The number of aryl methyl sites for hydroxylation is 1. The Morgan fingerprint density at radius 2 is 1.93 bits per heavy atom. The third-order valence-electron chi connectivity index (χ3n) is 4.88. The number of unbranched alkanes of at least 4 members (excludes halogenated alkanes) is 4. The molecule has 1 unspecified atom stereocenters. The van der Waals surface area contributed by atoms with Crippen molar-refractivity contribution < 1.29 is 14.4 Å². The van der Waals surface area contributed by atoms with Gasteiger partial charge in [-0.05, 0) is 38.0 Å². The number of benzene rings is 1. The van der Waals surface area contributed by atoms with Crippen molar-refractivity contribution in [3.8, 4) is 0 Å². The van der Waals surface area contributed by atoms with Crippen molar-refractivity contribution in [3.63, 3.8) is 0 Å². The van der Waals surface area contributed by atoms with Crippen molar-refractivity contribution in [2.45, 2.75) is 64.8 Å². The molecule has 6 nitrogen and oxygen atoms in total. The Balaban J connectivity index is 1.91. The fourth-order valence-corrected chi connectivity index (χ4v) is 3.34. The van der Waals surface area contributed by atoms with Crippen LogP contribution in [0.4, 0.5) is 10.5 Å². The molecule has 1 heterocycles. The summed E-state index contributed by atoms with van der Waals surface area (Å²) in [6, 6.07) is 4.64. The highest BCUT2D eigenvalue weighted by atomic mass is 35.5. The molecule has 1 aromatic carbocycles. The van der Waals surface area contributed by atoms with Crippen molar-refractivity contribution in [2.24, 2.45) is 0 Å². The maximum absolute atomic E-state index is 12.7. The van der Waals surface area contributed by atoms with Gasteiger partial charge in [0.1, 0.15) is 12.1 Å². The van der Waals surface area contributed by atoms with E-state index >= 15 is 0 Å². The maximum Gasteiger partial charge on any atom is 0.325 e. The summed E-state index contributed by atoms with van der Waals surface area (Å²) in [7, 11) is 0. The molecule has 1 aliphatic heterocycles. The Bertz CT molecular complexity index is 722. The highest BCUT2D eigenvalue weighted by molar-refractivity contribution is 6.31. The quantitative estimate of drug-likeness (QED) is 0.486. The van der Waals surface area contributed by atoms with E-state index in [2.05, 4.69) is 17.6 Å². The van der Waals surface area contributed by atoms with Crippen LogP contribution in [0, 0.1) is 6.92 Å². The van der Waals surface area contributed by atoms with E-state index in [1.165, 1.54) is 6.42 Å². The van der Waals surface area contributed by atoms with Gasteiger partial charge in [-0.2, -0.15) is 0 Å². The number of urea groups is 1. The number of carbonyl (C=O) groups excluding carboxylic acids is 3. The topological polar surface area (TPSA) is 78.5 Å². The molecule has 0 spiro atoms. The molecule has 0 bridgehead atoms. The molecule has 27 heavy (non-hydrogen) atoms. The Kier molecular flexibility index (Phi) is 7.25. The van der Waals surface area contributed by atoms with E-state index in [0.717, 1.165) is 36.1 Å². The number of rotatable bonds is 9. The summed E-state index contributed by atoms with van der Waals surface area (Å²) >= 11 is 6.05. The van der Waals surface area contributed by atoms with Crippen LogP contribution >= 0.6 is 11.6 Å². The first-order chi connectivity index (χ1) is 12.8. The van der Waals surface area contributed by atoms with Gasteiger partial charge in [0, 0.05) is 10.7 Å². The van der Waals surface area contributed by atoms with Gasteiger partial charge in [-0.1, -0.05) is 56.7 Å². The number of carbonyl (C=O) groups is 3. The molecule has 148 valence electrons. The van der Waals surface area contributed by atoms with E-state index in [1.54, 1.807) is 25.1 Å². The van der Waals surface area contributed by atoms with Crippen LogP contribution in [-0.4, -0.2) is 34.8 Å². The van der Waals surface area contributed by atoms with E-state index < -0.39 is 17.5 Å². The van der Waals surface area contributed by atoms with E-state index in [-0.39, 0.29) is 12.5 Å². The molecular weight excluding hydrogens is 366 g/mol. The van der Waals surface area contributed by atoms with Crippen LogP contribution in [0.5, 0.6) is 0 Å². The van der Waals surface area contributed by atoms with Crippen LogP contribution in [0.25, 0.3) is 0 Å². The fourth-order valence-electron chi connectivity index (χ4n) is 3.16. The summed E-state index contributed by atoms with van der Waals surface area (Å²) in [5.74, 6) is -0.786. The van der Waals surface area contributed by atoms with Crippen LogP contribution in [0.1, 0.15) is 57.9 Å². The predicted molar refractivity (Wildman–Crippen MR) is 107 cm³/mol. The lowest BCUT2D eigenvalue weighted by Crippen LogP contribution is -2.44. The van der Waals surface area contributed by atoms with Gasteiger partial charge in [0.25, 0.3) is 5.91 Å². The summed E-state index contributed by atoms with van der Waals surface area (Å²) in [6.45, 7) is 5.42. The number of hydrogen-bond acceptors (Lipinski definition) is 3. The standard InChI is InChI=1S/C20H28ClN3O3/c1-4-5-6-7-8-11-20(3)18(26)24(19(27)23-20)13-17(25)22-15-10-9-14(2)16(21)12-15/h9-10,12H,4-8,11,13H2,1-3H3,(H,22,25)(H,23,27). The van der Waals surface area contributed by atoms with Gasteiger partial charge in [0.2, 0.25) is 5.91 Å². The van der Waals surface area contributed by atoms with Crippen LogP contribution < -0.4 is 10.6 Å². The Morgan fingerprint density at radius 1 is 1.22 bits per heavy atom. The van der Waals surface area contributed by atoms with Crippen LogP contribution in [0.3, 0.4) is 0 Å². The highest BCUT2D eigenvalue weighted by Crippen LogP contribution is 2.24. The van der Waals surface area contributed by atoms with Gasteiger partial charge in [-0.25, -0.2) is 4.79 Å². The Hall–Kier alpha value is -2.08. The number of amides is 4. The Morgan fingerprint density at radius 3 is 2.59 bits per heavy atom. The Labute approximate surface area is 165 Å². The van der Waals surface area contributed by atoms with Gasteiger partial charge < -0.3 is 10.6 Å². The van der Waals surface area contributed by atoms with E-state index in [9.17, 15) is 14.4 Å². The van der Waals surface area contributed by atoms with Gasteiger partial charge in [-0.3, -0.25) is 14.5 Å². The lowest BCUT2D eigenvalue weighted by Gasteiger charge is -2.21. The minimum atomic E-state index is -0.934. The summed E-state index contributed by atoms with van der Waals surface area (Å²) < 4.78 is 0. The van der Waals surface area contributed by atoms with Gasteiger partial charge in [0.15, 0.2) is 0 Å². The van der Waals surface area contributed by atoms with Gasteiger partial charge in [-0.15, -0.1) is 0 Å². The van der Waals surface area contributed by atoms with Gasteiger partial charge >= 0.3 is 6.03 Å². The largest absolute Gasteiger partial charge is 0.325 e. The average Bonchev–Trinajstić information content (AvgIpc) is 2.81. The first kappa shape index (κ1) is 21.2. The second-order valence-corrected chi connectivity index (χ2v) is 7.74. The lowest BCUT2D eigenvalue weighted by molar-refractivity contribution is -0.133. The molecule has 1 aromatic rings. The number of halogens is 1. The summed E-state index contributed by atoms with van der Waals surface area (Å²) in [4.78, 5) is 38.2. The fraction of sp³-hybridized carbons (Fsp3) is 0.550. The zero-order chi connectivity index (χ0) is 20.0. The molecular formula is C20H28ClN3O3. The minimum Gasteiger partial charge on any atom is -0.324 e. The maximum atomic E-state index is 12.7. The van der Waals surface area contributed by atoms with Crippen LogP contribution in [0.2, 0.25) is 5.02 Å². The second-order valence-electron chi connectivity index (χ2n) is 7.33. The summed E-state index contributed by atoms with van der Waals surface area (Å²) in [5, 5.41) is 5.96. The number of imide groups is 1. The van der Waals surface area contributed by atoms with Crippen molar-refractivity contribution in [1.29, 1.82) is 0 Å². The predicted octanol–water partition coefficient (Wildman–Crippen LogP) is 4.26. The molecule has 1 aliphatic rings. The monoisotopic (exact) mass is 393 g/mol. The van der Waals surface area contributed by atoms with Crippen molar-refractivity contribution >= 4 is 35.1 Å².